The first kappa shape index (κ1) is 26.6. The van der Waals surface area contributed by atoms with Gasteiger partial charge in [-0.3, -0.25) is 8.97 Å². The number of hydrogen-bond acceptors (Lipinski definition) is 4. The SMILES string of the molecule is C[N+](C)(C)c1ccccc1.C[N+](C)(C)c1ccccc1.O=C([O-])c1ccccc1C(=O)[O-]. The number of aromatic carboxylic acids is 2. The first-order valence-corrected chi connectivity index (χ1v) is 10.1. The molecule has 6 heteroatoms. The average molecular weight is 437 g/mol. The second-order valence-corrected chi connectivity index (χ2v) is 8.82. The van der Waals surface area contributed by atoms with Crippen LogP contribution in [-0.4, -0.2) is 54.2 Å². The molecule has 0 N–H and O–H groups in total. The quantitative estimate of drug-likeness (QED) is 0.587. The molecule has 0 aliphatic carbocycles. The molecule has 0 unspecified atom stereocenters. The molecule has 6 nitrogen and oxygen atoms in total. The number of nitrogens with zero attached hydrogens (tertiary/aromatic N) is 2. The third-order valence-corrected chi connectivity index (χ3v) is 4.43. The van der Waals surface area contributed by atoms with Crippen LogP contribution in [0.5, 0.6) is 0 Å². The van der Waals surface area contributed by atoms with Crippen LogP contribution in [0.2, 0.25) is 0 Å². The van der Waals surface area contributed by atoms with Crippen molar-refractivity contribution in [3.8, 4) is 0 Å². The van der Waals surface area contributed by atoms with Gasteiger partial charge in [-0.1, -0.05) is 60.7 Å². The minimum absolute atomic E-state index is 0.363. The molecule has 0 radical (unpaired) electrons. The van der Waals surface area contributed by atoms with Crippen molar-refractivity contribution in [2.75, 3.05) is 42.3 Å². The second kappa shape index (κ2) is 11.8. The number of carboxylic acids is 2. The van der Waals surface area contributed by atoms with Crippen LogP contribution in [0, 0.1) is 0 Å². The number of benzene rings is 3. The van der Waals surface area contributed by atoms with E-state index >= 15 is 0 Å². The van der Waals surface area contributed by atoms with Crippen molar-refractivity contribution in [2.45, 2.75) is 0 Å². The number of carbonyl (C=O) groups excluding carboxylic acids is 2. The molecule has 0 amide bonds. The van der Waals surface area contributed by atoms with Crippen LogP contribution in [0.25, 0.3) is 0 Å². The van der Waals surface area contributed by atoms with E-state index in [1.807, 2.05) is 12.1 Å². The molecule has 0 saturated heterocycles. The van der Waals surface area contributed by atoms with Crippen LogP contribution in [-0.2, 0) is 0 Å². The van der Waals surface area contributed by atoms with E-state index in [0.29, 0.717) is 0 Å². The first-order valence-electron chi connectivity index (χ1n) is 10.1. The van der Waals surface area contributed by atoms with E-state index in [4.69, 9.17) is 0 Å². The number of quaternary nitrogens is 2. The molecule has 0 atom stereocenters. The highest BCUT2D eigenvalue weighted by molar-refractivity contribution is 5.99. The number of carbonyl (C=O) groups is 2. The van der Waals surface area contributed by atoms with Crippen molar-refractivity contribution in [2.24, 2.45) is 0 Å². The second-order valence-electron chi connectivity index (χ2n) is 8.82. The molecular weight excluding hydrogens is 404 g/mol. The number of rotatable bonds is 4. The number of hydrogen-bond donors (Lipinski definition) is 0. The summed E-state index contributed by atoms with van der Waals surface area (Å²) in [4.78, 5) is 20.6. The highest BCUT2D eigenvalue weighted by Gasteiger charge is 2.09. The Hall–Kier alpha value is -3.48. The lowest BCUT2D eigenvalue weighted by Crippen LogP contribution is -2.34. The van der Waals surface area contributed by atoms with Crippen molar-refractivity contribution in [1.82, 2.24) is 8.97 Å². The molecule has 0 saturated carbocycles. The van der Waals surface area contributed by atoms with Crippen LogP contribution in [0.3, 0.4) is 0 Å². The molecule has 0 bridgehead atoms. The Kier molecular flexibility index (Phi) is 9.78. The summed E-state index contributed by atoms with van der Waals surface area (Å²) in [5.74, 6) is -3.04. The Morgan fingerprint density at radius 1 is 0.500 bits per heavy atom. The van der Waals surface area contributed by atoms with Crippen LogP contribution in [0.1, 0.15) is 20.7 Å². The van der Waals surface area contributed by atoms with Crippen LogP contribution >= 0.6 is 0 Å². The topological polar surface area (TPSA) is 80.3 Å². The summed E-state index contributed by atoms with van der Waals surface area (Å²) >= 11 is 0. The van der Waals surface area contributed by atoms with Crippen molar-refractivity contribution in [1.29, 1.82) is 0 Å². The molecule has 0 heterocycles. The summed E-state index contributed by atoms with van der Waals surface area (Å²) in [5, 5.41) is 20.6. The van der Waals surface area contributed by atoms with Crippen molar-refractivity contribution >= 4 is 23.3 Å². The van der Waals surface area contributed by atoms with Crippen LogP contribution in [0.15, 0.2) is 84.9 Å². The van der Waals surface area contributed by atoms with E-state index in [-0.39, 0.29) is 11.1 Å². The van der Waals surface area contributed by atoms with Crippen molar-refractivity contribution < 1.29 is 19.8 Å². The fraction of sp³-hybridized carbons (Fsp3) is 0.231. The van der Waals surface area contributed by atoms with Gasteiger partial charge in [0.1, 0.15) is 11.4 Å². The largest absolute Gasteiger partial charge is 0.545 e. The zero-order valence-electron chi connectivity index (χ0n) is 19.6. The third kappa shape index (κ3) is 9.12. The van der Waals surface area contributed by atoms with Gasteiger partial charge in [0.2, 0.25) is 0 Å². The van der Waals surface area contributed by atoms with Gasteiger partial charge in [0.05, 0.1) is 54.2 Å². The highest BCUT2D eigenvalue weighted by atomic mass is 16.4. The molecule has 32 heavy (non-hydrogen) atoms. The molecule has 0 spiro atoms. The summed E-state index contributed by atoms with van der Waals surface area (Å²) in [7, 11) is 13.0. The Labute approximate surface area is 190 Å². The van der Waals surface area contributed by atoms with E-state index in [1.54, 1.807) is 0 Å². The van der Waals surface area contributed by atoms with Gasteiger partial charge in [-0.2, -0.15) is 0 Å². The maximum Gasteiger partial charge on any atom is 0.132 e. The molecule has 0 aliphatic rings. The smallest absolute Gasteiger partial charge is 0.132 e. The predicted molar refractivity (Wildman–Crippen MR) is 127 cm³/mol. The summed E-state index contributed by atoms with van der Waals surface area (Å²) in [5.41, 5.74) is 1.94. The van der Waals surface area contributed by atoms with Crippen LogP contribution < -0.4 is 19.2 Å². The number of para-hydroxylation sites is 2. The van der Waals surface area contributed by atoms with Crippen molar-refractivity contribution in [3.05, 3.63) is 96.1 Å². The van der Waals surface area contributed by atoms with Crippen LogP contribution in [0.4, 0.5) is 11.4 Å². The van der Waals surface area contributed by atoms with E-state index in [2.05, 4.69) is 90.8 Å². The zero-order chi connectivity index (χ0) is 24.4. The summed E-state index contributed by atoms with van der Waals surface area (Å²) < 4.78 is 1.78. The monoisotopic (exact) mass is 436 g/mol. The molecule has 3 aromatic carbocycles. The van der Waals surface area contributed by atoms with Gasteiger partial charge < -0.3 is 19.8 Å². The Morgan fingerprint density at radius 2 is 0.750 bits per heavy atom. The summed E-state index contributed by atoms with van der Waals surface area (Å²) in [6.07, 6.45) is 0. The standard InChI is InChI=1S/2C9H14N.C8H6O4/c2*1-10(2,3)9-7-5-4-6-8-9;9-7(10)5-3-1-2-4-6(5)8(11)12/h2*4-8H,1-3H3;1-4H,(H,9,10)(H,11,12)/q2*+1;/p-2. The predicted octanol–water partition coefficient (Wildman–Crippen LogP) is 2.18. The minimum atomic E-state index is -1.52. The molecule has 0 fully saturated rings. The maximum absolute atomic E-state index is 10.3. The summed E-state index contributed by atoms with van der Waals surface area (Å²) in [6.45, 7) is 0. The van der Waals surface area contributed by atoms with E-state index in [9.17, 15) is 19.8 Å². The lowest BCUT2D eigenvalue weighted by molar-refractivity contribution is -0.259. The zero-order valence-corrected chi connectivity index (χ0v) is 19.6. The summed E-state index contributed by atoms with van der Waals surface area (Å²) in [6, 6.07) is 26.0. The van der Waals surface area contributed by atoms with Gasteiger partial charge in [-0.05, 0) is 24.3 Å². The van der Waals surface area contributed by atoms with Gasteiger partial charge in [-0.15, -0.1) is 0 Å². The Balaban J connectivity index is 0.000000241. The van der Waals surface area contributed by atoms with Gasteiger partial charge in [0.15, 0.2) is 0 Å². The highest BCUT2D eigenvalue weighted by Crippen LogP contribution is 2.15. The van der Waals surface area contributed by atoms with Crippen molar-refractivity contribution in [3.63, 3.8) is 0 Å². The molecular formula is C26H32N2O4. The fourth-order valence-corrected chi connectivity index (χ4v) is 2.59. The lowest BCUT2D eigenvalue weighted by Gasteiger charge is -2.22. The van der Waals surface area contributed by atoms with Gasteiger partial charge in [-0.25, -0.2) is 0 Å². The van der Waals surface area contributed by atoms with Gasteiger partial charge >= 0.3 is 0 Å². The molecule has 3 aromatic rings. The average Bonchev–Trinajstić information content (AvgIpc) is 2.75. The number of carboxylic acid groups (broad SMARTS) is 2. The van der Waals surface area contributed by atoms with Gasteiger partial charge in [0, 0.05) is 11.1 Å². The maximum atomic E-state index is 10.3. The normalized spacial score (nSPS) is 10.7. The fourth-order valence-electron chi connectivity index (χ4n) is 2.59. The lowest BCUT2D eigenvalue weighted by atomic mass is 10.1. The first-order chi connectivity index (χ1) is 14.8. The molecule has 3 rings (SSSR count). The minimum Gasteiger partial charge on any atom is -0.545 e. The molecule has 0 aromatic heterocycles. The van der Waals surface area contributed by atoms with E-state index in [1.165, 1.54) is 23.5 Å². The van der Waals surface area contributed by atoms with E-state index in [0.717, 1.165) is 21.1 Å². The Bertz CT molecular complexity index is 907. The van der Waals surface area contributed by atoms with E-state index < -0.39 is 11.9 Å². The molecule has 170 valence electrons. The van der Waals surface area contributed by atoms with Gasteiger partial charge in [0.25, 0.3) is 0 Å². The Morgan fingerprint density at radius 3 is 0.938 bits per heavy atom. The molecule has 0 aliphatic heterocycles. The third-order valence-electron chi connectivity index (χ3n) is 4.43.